The van der Waals surface area contributed by atoms with Gasteiger partial charge in [0.05, 0.1) is 18.3 Å². The van der Waals surface area contributed by atoms with Crippen molar-refractivity contribution in [3.8, 4) is 17.0 Å². The fourth-order valence-corrected chi connectivity index (χ4v) is 4.28. The fraction of sp³-hybridized carbons (Fsp3) is 0.200. The third kappa shape index (κ3) is 6.65. The Hall–Kier alpha value is -4.47. The highest BCUT2D eigenvalue weighted by atomic mass is 79.9. The van der Waals surface area contributed by atoms with Crippen molar-refractivity contribution < 1.29 is 45.8 Å². The van der Waals surface area contributed by atoms with Crippen molar-refractivity contribution in [2.24, 2.45) is 12.8 Å². The van der Waals surface area contributed by atoms with E-state index >= 15 is 4.39 Å². The molecule has 2 aromatic heterocycles. The molecule has 0 radical (unpaired) electrons. The van der Waals surface area contributed by atoms with Crippen LogP contribution in [0.25, 0.3) is 11.3 Å². The van der Waals surface area contributed by atoms with Gasteiger partial charge in [-0.25, -0.2) is 13.8 Å². The Morgan fingerprint density at radius 1 is 1.20 bits per heavy atom. The molecule has 2 aromatic carbocycles. The molecular formula is C25H18BrF5N5O5-. The van der Waals surface area contributed by atoms with E-state index in [1.165, 1.54) is 17.1 Å². The Morgan fingerprint density at radius 3 is 2.44 bits per heavy atom. The van der Waals surface area contributed by atoms with E-state index in [0.717, 1.165) is 41.3 Å². The van der Waals surface area contributed by atoms with Crippen LogP contribution in [0.2, 0.25) is 0 Å². The van der Waals surface area contributed by atoms with Crippen LogP contribution in [0.5, 0.6) is 5.75 Å². The predicted molar refractivity (Wildman–Crippen MR) is 132 cm³/mol. The second-order valence-electron chi connectivity index (χ2n) is 8.62. The van der Waals surface area contributed by atoms with Gasteiger partial charge in [-0.1, -0.05) is 12.1 Å². The van der Waals surface area contributed by atoms with Crippen molar-refractivity contribution in [3.63, 3.8) is 0 Å². The Morgan fingerprint density at radius 2 is 1.88 bits per heavy atom. The van der Waals surface area contributed by atoms with E-state index in [-0.39, 0.29) is 28.4 Å². The SMILES string of the molecule is Cn1cc(CN(CC(Oc2ccc(F)c(C(N)=O)c2F)c2nc(-c3ccc(C(F)(F)F)cc3)c(Br)o2)C(=O)[O-])cn1. The summed E-state index contributed by atoms with van der Waals surface area (Å²) in [6, 6.07) is 5.51. The number of oxazole rings is 1. The molecule has 0 aliphatic rings. The highest BCUT2D eigenvalue weighted by molar-refractivity contribution is 9.10. The van der Waals surface area contributed by atoms with E-state index in [1.54, 1.807) is 7.05 Å². The molecule has 16 heteroatoms. The monoisotopic (exact) mass is 642 g/mol. The standard InChI is InChI=1S/C25H19BrF5N5O5/c1-35-9-12(8-33-35)10-36(24(38)39)11-17(40-16-7-6-15(27)18(19(16)28)22(32)37)23-34-20(21(26)41-23)13-2-4-14(5-3-13)25(29,30)31/h2-9,17H,10-11H2,1H3,(H2,32,37)(H,38,39)/p-1. The predicted octanol–water partition coefficient (Wildman–Crippen LogP) is 4.20. The van der Waals surface area contributed by atoms with Crippen molar-refractivity contribution in [2.75, 3.05) is 6.54 Å². The van der Waals surface area contributed by atoms with Gasteiger partial charge in [-0.05, 0) is 40.2 Å². The van der Waals surface area contributed by atoms with Crippen LogP contribution >= 0.6 is 15.9 Å². The number of primary amides is 1. The van der Waals surface area contributed by atoms with Crippen molar-refractivity contribution >= 4 is 27.9 Å². The van der Waals surface area contributed by atoms with Gasteiger partial charge in [0.15, 0.2) is 22.3 Å². The molecular weight excluding hydrogens is 625 g/mol. The van der Waals surface area contributed by atoms with Gasteiger partial charge in [-0.15, -0.1) is 0 Å². The van der Waals surface area contributed by atoms with Crippen LogP contribution in [0, 0.1) is 11.6 Å². The second-order valence-corrected chi connectivity index (χ2v) is 9.34. The first-order chi connectivity index (χ1) is 19.2. The summed E-state index contributed by atoms with van der Waals surface area (Å²) in [4.78, 5) is 28.6. The number of halogens is 6. The zero-order chi connectivity index (χ0) is 30.1. The van der Waals surface area contributed by atoms with Gasteiger partial charge in [-0.3, -0.25) is 9.48 Å². The Kier molecular flexibility index (Phi) is 8.32. The molecule has 2 N–H and O–H groups in total. The summed E-state index contributed by atoms with van der Waals surface area (Å²) in [5.41, 5.74) is 3.75. The normalized spacial score (nSPS) is 12.3. The van der Waals surface area contributed by atoms with Gasteiger partial charge in [0.25, 0.3) is 5.91 Å². The summed E-state index contributed by atoms with van der Waals surface area (Å²) in [5, 5.41) is 15.9. The number of nitrogens with zero attached hydrogens (tertiary/aromatic N) is 4. The Labute approximate surface area is 236 Å². The number of hydrogen-bond acceptors (Lipinski definition) is 7. The molecule has 10 nitrogen and oxygen atoms in total. The lowest BCUT2D eigenvalue weighted by molar-refractivity contribution is -0.267. The summed E-state index contributed by atoms with van der Waals surface area (Å²) >= 11 is 3.13. The number of rotatable bonds is 9. The van der Waals surface area contributed by atoms with E-state index < -0.39 is 59.3 Å². The highest BCUT2D eigenvalue weighted by Gasteiger charge is 2.31. The summed E-state index contributed by atoms with van der Waals surface area (Å²) in [6.07, 6.45) is -4.84. The molecule has 0 aliphatic heterocycles. The largest absolute Gasteiger partial charge is 0.530 e. The molecule has 0 aliphatic carbocycles. The number of ether oxygens (including phenoxy) is 1. The zero-order valence-corrected chi connectivity index (χ0v) is 22.4. The van der Waals surface area contributed by atoms with E-state index in [9.17, 15) is 32.3 Å². The van der Waals surface area contributed by atoms with Crippen LogP contribution in [-0.2, 0) is 19.8 Å². The Bertz CT molecular complexity index is 1590. The number of benzene rings is 2. The molecule has 4 rings (SSSR count). The summed E-state index contributed by atoms with van der Waals surface area (Å²) in [6.45, 7) is -0.832. The fourth-order valence-electron chi connectivity index (χ4n) is 3.80. The number of aryl methyl sites for hydroxylation is 1. The molecule has 2 amide bonds. The highest BCUT2D eigenvalue weighted by Crippen LogP contribution is 2.36. The van der Waals surface area contributed by atoms with E-state index in [1.807, 2.05) is 0 Å². The first kappa shape index (κ1) is 29.5. The first-order valence-corrected chi connectivity index (χ1v) is 12.3. The van der Waals surface area contributed by atoms with Gasteiger partial charge in [0.1, 0.15) is 23.2 Å². The average Bonchev–Trinajstić information content (AvgIpc) is 3.48. The molecule has 4 aromatic rings. The summed E-state index contributed by atoms with van der Waals surface area (Å²) < 4.78 is 80.6. The molecule has 216 valence electrons. The minimum absolute atomic E-state index is 0.0204. The number of hydrogen-bond donors (Lipinski definition) is 1. The van der Waals surface area contributed by atoms with E-state index in [2.05, 4.69) is 26.0 Å². The Balaban J connectivity index is 1.74. The molecule has 2 heterocycles. The molecule has 0 saturated heterocycles. The van der Waals surface area contributed by atoms with Crippen LogP contribution in [0.3, 0.4) is 0 Å². The molecule has 0 saturated carbocycles. The number of carbonyl (C=O) groups excluding carboxylic acids is 2. The number of aromatic nitrogens is 3. The molecule has 0 bridgehead atoms. The van der Waals surface area contributed by atoms with Gasteiger partial charge in [0, 0.05) is 30.9 Å². The van der Waals surface area contributed by atoms with Gasteiger partial charge >= 0.3 is 6.18 Å². The summed E-state index contributed by atoms with van der Waals surface area (Å²) in [5.74, 6) is -5.15. The van der Waals surface area contributed by atoms with Crippen molar-refractivity contribution in [1.29, 1.82) is 0 Å². The molecule has 41 heavy (non-hydrogen) atoms. The van der Waals surface area contributed by atoms with E-state index in [0.29, 0.717) is 5.56 Å². The number of amides is 2. The van der Waals surface area contributed by atoms with Crippen molar-refractivity contribution in [1.82, 2.24) is 19.7 Å². The van der Waals surface area contributed by atoms with Gasteiger partial charge in [-0.2, -0.15) is 18.3 Å². The second kappa shape index (κ2) is 11.6. The number of carboxylic acid groups (broad SMARTS) is 1. The maximum absolute atomic E-state index is 15.0. The quantitative estimate of drug-likeness (QED) is 0.270. The summed E-state index contributed by atoms with van der Waals surface area (Å²) in [7, 11) is 1.61. The maximum Gasteiger partial charge on any atom is 0.416 e. The minimum Gasteiger partial charge on any atom is -0.530 e. The molecule has 1 unspecified atom stereocenters. The topological polar surface area (TPSA) is 140 Å². The number of carbonyl (C=O) groups is 2. The van der Waals surface area contributed by atoms with Gasteiger partial charge < -0.3 is 29.7 Å². The molecule has 0 spiro atoms. The smallest absolute Gasteiger partial charge is 0.416 e. The lowest BCUT2D eigenvalue weighted by atomic mass is 10.1. The van der Waals surface area contributed by atoms with Crippen LogP contribution in [0.1, 0.15) is 33.5 Å². The zero-order valence-electron chi connectivity index (χ0n) is 20.8. The molecule has 0 fully saturated rings. The van der Waals surface area contributed by atoms with Crippen LogP contribution in [-0.4, -0.2) is 38.2 Å². The average molecular weight is 643 g/mol. The maximum atomic E-state index is 15.0. The van der Waals surface area contributed by atoms with Crippen LogP contribution in [0.4, 0.5) is 26.7 Å². The number of alkyl halides is 3. The van der Waals surface area contributed by atoms with Gasteiger partial charge in [0.2, 0.25) is 5.89 Å². The first-order valence-electron chi connectivity index (χ1n) is 11.5. The minimum atomic E-state index is -4.57. The van der Waals surface area contributed by atoms with Crippen LogP contribution < -0.4 is 15.6 Å². The lowest BCUT2D eigenvalue weighted by Gasteiger charge is -2.28. The van der Waals surface area contributed by atoms with Crippen LogP contribution in [0.15, 0.2) is 57.9 Å². The van der Waals surface area contributed by atoms with Crippen molar-refractivity contribution in [3.05, 3.63) is 87.7 Å². The lowest BCUT2D eigenvalue weighted by Crippen LogP contribution is -2.43. The molecule has 1 atom stereocenters. The van der Waals surface area contributed by atoms with Crippen molar-refractivity contribution in [2.45, 2.75) is 18.8 Å². The third-order valence-electron chi connectivity index (χ3n) is 5.71. The number of nitrogens with two attached hydrogens (primary N) is 1. The van der Waals surface area contributed by atoms with E-state index in [4.69, 9.17) is 14.9 Å². The third-order valence-corrected chi connectivity index (χ3v) is 6.25.